The third kappa shape index (κ3) is 4.68. The molecule has 2 saturated heterocycles. The van der Waals surface area contributed by atoms with Crippen LogP contribution in [0.1, 0.15) is 24.8 Å². The van der Waals surface area contributed by atoms with Gasteiger partial charge in [0.25, 0.3) is 0 Å². The minimum absolute atomic E-state index is 0.00959. The summed E-state index contributed by atoms with van der Waals surface area (Å²) in [7, 11) is 0. The highest BCUT2D eigenvalue weighted by Gasteiger charge is 2.38. The predicted molar refractivity (Wildman–Crippen MR) is 125 cm³/mol. The number of carbonyl (C=O) groups excluding carboxylic acids is 3. The normalized spacial score (nSPS) is 20.0. The fourth-order valence-corrected chi connectivity index (χ4v) is 4.96. The molecular weight excluding hydrogens is 458 g/mol. The van der Waals surface area contributed by atoms with Crippen LogP contribution in [0.2, 0.25) is 5.02 Å². The topological polar surface area (TPSA) is 88.2 Å². The molecule has 0 spiro atoms. The second kappa shape index (κ2) is 9.54. The van der Waals surface area contributed by atoms with E-state index in [9.17, 15) is 14.4 Å². The number of piperidine rings is 1. The highest BCUT2D eigenvalue weighted by Crippen LogP contribution is 2.34. The molecule has 2 aromatic carbocycles. The summed E-state index contributed by atoms with van der Waals surface area (Å²) in [6.45, 7) is 2.00. The van der Waals surface area contributed by atoms with Crippen molar-refractivity contribution in [3.63, 3.8) is 0 Å². The first-order chi connectivity index (χ1) is 16.5. The Labute approximate surface area is 202 Å². The van der Waals surface area contributed by atoms with Crippen LogP contribution in [-0.4, -0.2) is 53.9 Å². The molecule has 5 rings (SSSR count). The van der Waals surface area contributed by atoms with Crippen LogP contribution in [0.15, 0.2) is 42.5 Å². The van der Waals surface area contributed by atoms with Gasteiger partial charge in [-0.05, 0) is 36.6 Å². The van der Waals surface area contributed by atoms with Crippen molar-refractivity contribution in [2.24, 2.45) is 11.8 Å². The van der Waals surface area contributed by atoms with Crippen molar-refractivity contribution in [3.05, 3.63) is 53.1 Å². The summed E-state index contributed by atoms with van der Waals surface area (Å²) in [5.41, 5.74) is 1.54. The quantitative estimate of drug-likeness (QED) is 0.705. The van der Waals surface area contributed by atoms with Crippen molar-refractivity contribution < 1.29 is 23.9 Å². The molecular formula is C25H26ClN3O5. The van der Waals surface area contributed by atoms with E-state index >= 15 is 0 Å². The molecule has 1 unspecified atom stereocenters. The molecule has 0 radical (unpaired) electrons. The molecule has 9 heteroatoms. The van der Waals surface area contributed by atoms with Crippen LogP contribution in [0.25, 0.3) is 0 Å². The van der Waals surface area contributed by atoms with Crippen molar-refractivity contribution in [2.45, 2.75) is 25.8 Å². The average Bonchev–Trinajstić information content (AvgIpc) is 3.46. The standard InChI is InChI=1S/C25H26ClN3O5/c26-20-4-2-1-3-17(20)13-29-14-18(11-23(29)30)25(32)28-9-7-16(8-10-28)24(31)27-19-5-6-21-22(12-19)34-15-33-21/h1-6,12,16,18H,7-11,13-15H2,(H,27,31). The van der Waals surface area contributed by atoms with Crippen molar-refractivity contribution in [2.75, 3.05) is 31.7 Å². The monoisotopic (exact) mass is 483 g/mol. The van der Waals surface area contributed by atoms with Crippen molar-refractivity contribution in [3.8, 4) is 11.5 Å². The van der Waals surface area contributed by atoms with Crippen molar-refractivity contribution >= 4 is 35.0 Å². The number of fused-ring (bicyclic) bond motifs is 1. The lowest BCUT2D eigenvalue weighted by Crippen LogP contribution is -2.44. The highest BCUT2D eigenvalue weighted by molar-refractivity contribution is 6.31. The minimum Gasteiger partial charge on any atom is -0.454 e. The minimum atomic E-state index is -0.353. The third-order valence-electron chi connectivity index (χ3n) is 6.70. The molecule has 1 atom stereocenters. The molecule has 2 fully saturated rings. The van der Waals surface area contributed by atoms with Gasteiger partial charge in [-0.2, -0.15) is 0 Å². The SMILES string of the molecule is O=C(Nc1ccc2c(c1)OCO2)C1CCN(C(=O)C2CC(=O)N(Cc3ccccc3Cl)C2)CC1. The third-order valence-corrected chi connectivity index (χ3v) is 7.07. The maximum Gasteiger partial charge on any atom is 0.231 e. The molecule has 0 aliphatic carbocycles. The summed E-state index contributed by atoms with van der Waals surface area (Å²) in [6.07, 6.45) is 1.39. The zero-order valence-corrected chi connectivity index (χ0v) is 19.4. The molecule has 34 heavy (non-hydrogen) atoms. The molecule has 3 heterocycles. The van der Waals surface area contributed by atoms with E-state index in [4.69, 9.17) is 21.1 Å². The van der Waals surface area contributed by atoms with Gasteiger partial charge >= 0.3 is 0 Å². The van der Waals surface area contributed by atoms with E-state index in [2.05, 4.69) is 5.32 Å². The Kier molecular flexibility index (Phi) is 6.32. The van der Waals surface area contributed by atoms with E-state index in [0.717, 1.165) is 5.56 Å². The number of hydrogen-bond donors (Lipinski definition) is 1. The van der Waals surface area contributed by atoms with E-state index in [-0.39, 0.29) is 42.8 Å². The van der Waals surface area contributed by atoms with Gasteiger partial charge in [0.1, 0.15) is 0 Å². The Morgan fingerprint density at radius 2 is 1.79 bits per heavy atom. The molecule has 3 aliphatic rings. The molecule has 0 saturated carbocycles. The van der Waals surface area contributed by atoms with E-state index in [1.54, 1.807) is 34.1 Å². The summed E-state index contributed by atoms with van der Waals surface area (Å²) in [5, 5.41) is 3.56. The summed E-state index contributed by atoms with van der Waals surface area (Å²) < 4.78 is 10.7. The van der Waals surface area contributed by atoms with Crippen LogP contribution in [0.5, 0.6) is 11.5 Å². The first kappa shape index (κ1) is 22.5. The van der Waals surface area contributed by atoms with E-state index in [1.165, 1.54) is 0 Å². The highest BCUT2D eigenvalue weighted by atomic mass is 35.5. The van der Waals surface area contributed by atoms with Crippen LogP contribution in [-0.2, 0) is 20.9 Å². The first-order valence-corrected chi connectivity index (χ1v) is 11.9. The van der Waals surface area contributed by atoms with Gasteiger partial charge in [-0.15, -0.1) is 0 Å². The number of likely N-dealkylation sites (tertiary alicyclic amines) is 2. The Morgan fingerprint density at radius 1 is 1.03 bits per heavy atom. The number of amides is 3. The van der Waals surface area contributed by atoms with Gasteiger partial charge in [0.05, 0.1) is 5.92 Å². The first-order valence-electron chi connectivity index (χ1n) is 11.5. The number of rotatable bonds is 5. The van der Waals surface area contributed by atoms with Gasteiger partial charge < -0.3 is 24.6 Å². The number of nitrogens with zero attached hydrogens (tertiary/aromatic N) is 2. The van der Waals surface area contributed by atoms with Gasteiger partial charge in [-0.1, -0.05) is 29.8 Å². The lowest BCUT2D eigenvalue weighted by molar-refractivity contribution is -0.138. The van der Waals surface area contributed by atoms with Gasteiger partial charge in [-0.3, -0.25) is 14.4 Å². The molecule has 3 aliphatic heterocycles. The smallest absolute Gasteiger partial charge is 0.231 e. The van der Waals surface area contributed by atoms with Crippen molar-refractivity contribution in [1.82, 2.24) is 9.80 Å². The molecule has 2 aromatic rings. The molecule has 8 nitrogen and oxygen atoms in total. The molecule has 0 aromatic heterocycles. The zero-order valence-electron chi connectivity index (χ0n) is 18.7. The van der Waals surface area contributed by atoms with Crippen LogP contribution in [0.3, 0.4) is 0 Å². The largest absolute Gasteiger partial charge is 0.454 e. The fourth-order valence-electron chi connectivity index (χ4n) is 4.76. The van der Waals surface area contributed by atoms with E-state index < -0.39 is 0 Å². The Balaban J connectivity index is 1.12. The number of carbonyl (C=O) groups is 3. The number of benzene rings is 2. The Bertz CT molecular complexity index is 1120. The zero-order chi connectivity index (χ0) is 23.7. The van der Waals surface area contributed by atoms with E-state index in [1.807, 2.05) is 18.2 Å². The Hall–Kier alpha value is -3.26. The molecule has 1 N–H and O–H groups in total. The second-order valence-corrected chi connectivity index (χ2v) is 9.33. The number of anilines is 1. The van der Waals surface area contributed by atoms with Crippen LogP contribution in [0, 0.1) is 11.8 Å². The van der Waals surface area contributed by atoms with Crippen LogP contribution >= 0.6 is 11.6 Å². The molecule has 178 valence electrons. The average molecular weight is 484 g/mol. The summed E-state index contributed by atoms with van der Waals surface area (Å²) in [5.74, 6) is 0.660. The number of hydrogen-bond acceptors (Lipinski definition) is 5. The number of halogens is 1. The lowest BCUT2D eigenvalue weighted by atomic mass is 9.94. The van der Waals surface area contributed by atoms with Gasteiger partial charge in [0.15, 0.2) is 11.5 Å². The number of nitrogens with one attached hydrogen (secondary N) is 1. The Morgan fingerprint density at radius 3 is 2.59 bits per heavy atom. The second-order valence-electron chi connectivity index (χ2n) is 8.92. The maximum absolute atomic E-state index is 13.1. The predicted octanol–water partition coefficient (Wildman–Crippen LogP) is 3.29. The summed E-state index contributed by atoms with van der Waals surface area (Å²) in [4.78, 5) is 41.8. The number of ether oxygens (including phenoxy) is 2. The van der Waals surface area contributed by atoms with Crippen LogP contribution in [0.4, 0.5) is 5.69 Å². The van der Waals surface area contributed by atoms with E-state index in [0.29, 0.717) is 61.2 Å². The summed E-state index contributed by atoms with van der Waals surface area (Å²) in [6, 6.07) is 12.7. The molecule has 3 amide bonds. The molecule has 0 bridgehead atoms. The van der Waals surface area contributed by atoms with Crippen LogP contribution < -0.4 is 14.8 Å². The van der Waals surface area contributed by atoms with Gasteiger partial charge in [0.2, 0.25) is 24.5 Å². The van der Waals surface area contributed by atoms with Gasteiger partial charge in [-0.25, -0.2) is 0 Å². The van der Waals surface area contributed by atoms with Crippen molar-refractivity contribution in [1.29, 1.82) is 0 Å². The lowest BCUT2D eigenvalue weighted by Gasteiger charge is -2.33. The van der Waals surface area contributed by atoms with Gasteiger partial charge in [0, 0.05) is 55.3 Å². The summed E-state index contributed by atoms with van der Waals surface area (Å²) >= 11 is 6.23. The maximum atomic E-state index is 13.1. The fraction of sp³-hybridized carbons (Fsp3) is 0.400.